The number of thiazole rings is 1. The van der Waals surface area contributed by atoms with Gasteiger partial charge in [-0.05, 0) is 36.1 Å². The molecule has 1 aromatic carbocycles. The Kier molecular flexibility index (Phi) is 4.73. The predicted molar refractivity (Wildman–Crippen MR) is 119 cm³/mol. The molecule has 3 atom stereocenters. The zero-order chi connectivity index (χ0) is 21.7. The molecule has 1 saturated heterocycles. The number of rotatable bonds is 6. The Morgan fingerprint density at radius 1 is 1.19 bits per heavy atom. The number of hydrogen-bond acceptors (Lipinski definition) is 6. The van der Waals surface area contributed by atoms with Crippen molar-refractivity contribution >= 4 is 28.3 Å². The quantitative estimate of drug-likeness (QED) is 0.473. The van der Waals surface area contributed by atoms with Gasteiger partial charge in [-0.2, -0.15) is 0 Å². The Hall–Kier alpha value is -3.17. The minimum absolute atomic E-state index is 0.0454. The Bertz CT molecular complexity index is 1260. The third kappa shape index (κ3) is 3.57. The standard InChI is InChI=1S/C23H21FN6OS/c24-15-4-3-7-25-18(15)8-26-22(31)19-12-32-23(29-19)21-13-9-30(10-14(13)21)11-20-27-16-5-1-2-6-17(16)28-20/h1-7,12-14,21H,8-11H2,(H,26,31)(H,27,28)/t13-,14+,21+. The number of aromatic amines is 1. The highest BCUT2D eigenvalue weighted by atomic mass is 32.1. The number of nitrogens with zero attached hydrogens (tertiary/aromatic N) is 4. The molecule has 162 valence electrons. The van der Waals surface area contributed by atoms with Crippen LogP contribution in [0.3, 0.4) is 0 Å². The van der Waals surface area contributed by atoms with E-state index in [9.17, 15) is 9.18 Å². The summed E-state index contributed by atoms with van der Waals surface area (Å²) < 4.78 is 13.7. The number of carbonyl (C=O) groups is 1. The molecule has 9 heteroatoms. The lowest BCUT2D eigenvalue weighted by Crippen LogP contribution is -2.25. The molecule has 4 heterocycles. The molecule has 1 aliphatic carbocycles. The molecular weight excluding hydrogens is 427 g/mol. The highest BCUT2D eigenvalue weighted by Crippen LogP contribution is 2.58. The fourth-order valence-electron chi connectivity index (χ4n) is 4.75. The SMILES string of the molecule is O=C(NCc1ncccc1F)c1csc([C@H]2[C@@H]3CN(Cc4nc5ccccc5[nH]4)C[C@@H]32)n1. The van der Waals surface area contributed by atoms with Crippen LogP contribution in [0, 0.1) is 17.7 Å². The number of piperidine rings is 1. The second-order valence-electron chi connectivity index (χ2n) is 8.43. The van der Waals surface area contributed by atoms with Gasteiger partial charge in [0.05, 0.1) is 34.8 Å². The lowest BCUT2D eigenvalue weighted by molar-refractivity contribution is 0.0945. The topological polar surface area (TPSA) is 86.8 Å². The van der Waals surface area contributed by atoms with E-state index in [0.29, 0.717) is 23.4 Å². The van der Waals surface area contributed by atoms with E-state index < -0.39 is 5.82 Å². The van der Waals surface area contributed by atoms with Crippen molar-refractivity contribution in [2.45, 2.75) is 19.0 Å². The highest BCUT2D eigenvalue weighted by Gasteiger charge is 2.57. The van der Waals surface area contributed by atoms with Crippen LogP contribution >= 0.6 is 11.3 Å². The van der Waals surface area contributed by atoms with E-state index in [4.69, 9.17) is 0 Å². The van der Waals surface area contributed by atoms with E-state index in [1.165, 1.54) is 29.7 Å². The molecule has 2 N–H and O–H groups in total. The van der Waals surface area contributed by atoms with Gasteiger partial charge >= 0.3 is 0 Å². The van der Waals surface area contributed by atoms with E-state index in [0.717, 1.165) is 41.5 Å². The molecule has 6 rings (SSSR count). The summed E-state index contributed by atoms with van der Waals surface area (Å²) in [5.41, 5.74) is 2.69. The smallest absolute Gasteiger partial charge is 0.271 e. The van der Waals surface area contributed by atoms with E-state index >= 15 is 0 Å². The summed E-state index contributed by atoms with van der Waals surface area (Å²) in [6, 6.07) is 10.9. The number of hydrogen-bond donors (Lipinski definition) is 2. The molecule has 0 bridgehead atoms. The zero-order valence-electron chi connectivity index (χ0n) is 17.2. The van der Waals surface area contributed by atoms with Gasteiger partial charge in [-0.15, -0.1) is 11.3 Å². The van der Waals surface area contributed by atoms with Crippen molar-refractivity contribution in [3.63, 3.8) is 0 Å². The van der Waals surface area contributed by atoms with Gasteiger partial charge in [-0.1, -0.05) is 12.1 Å². The second-order valence-corrected chi connectivity index (χ2v) is 9.32. The molecule has 0 unspecified atom stereocenters. The van der Waals surface area contributed by atoms with Gasteiger partial charge in [-0.3, -0.25) is 14.7 Å². The maximum absolute atomic E-state index is 13.7. The maximum Gasteiger partial charge on any atom is 0.271 e. The number of fused-ring (bicyclic) bond motifs is 2. The maximum atomic E-state index is 13.7. The van der Waals surface area contributed by atoms with E-state index in [1.54, 1.807) is 5.38 Å². The van der Waals surface area contributed by atoms with Gasteiger partial charge in [-0.25, -0.2) is 14.4 Å². The third-order valence-electron chi connectivity index (χ3n) is 6.37. The van der Waals surface area contributed by atoms with Crippen molar-refractivity contribution in [3.05, 3.63) is 76.0 Å². The van der Waals surface area contributed by atoms with E-state index in [-0.39, 0.29) is 18.1 Å². The van der Waals surface area contributed by atoms with Crippen LogP contribution in [0.2, 0.25) is 0 Å². The van der Waals surface area contributed by atoms with Crippen LogP contribution in [-0.4, -0.2) is 43.8 Å². The Morgan fingerprint density at radius 2 is 2.03 bits per heavy atom. The average molecular weight is 449 g/mol. The van der Waals surface area contributed by atoms with Gasteiger partial charge in [0, 0.05) is 30.6 Å². The number of benzene rings is 1. The van der Waals surface area contributed by atoms with Gasteiger partial charge in [0.25, 0.3) is 5.91 Å². The van der Waals surface area contributed by atoms with Gasteiger partial charge < -0.3 is 10.3 Å². The molecule has 0 spiro atoms. The first-order valence-electron chi connectivity index (χ1n) is 10.6. The van der Waals surface area contributed by atoms with Gasteiger partial charge in [0.2, 0.25) is 0 Å². The molecular formula is C23H21FN6OS. The lowest BCUT2D eigenvalue weighted by Gasteiger charge is -2.17. The normalized spacial score (nSPS) is 22.2. The Balaban J connectivity index is 1.04. The summed E-state index contributed by atoms with van der Waals surface area (Å²) in [5, 5.41) is 5.53. The number of carbonyl (C=O) groups excluding carboxylic acids is 1. The van der Waals surface area contributed by atoms with Crippen LogP contribution in [0.25, 0.3) is 11.0 Å². The predicted octanol–water partition coefficient (Wildman–Crippen LogP) is 3.33. The van der Waals surface area contributed by atoms with Crippen molar-refractivity contribution in [1.29, 1.82) is 0 Å². The molecule has 4 aromatic rings. The molecule has 0 radical (unpaired) electrons. The first-order valence-corrected chi connectivity index (χ1v) is 11.5. The summed E-state index contributed by atoms with van der Waals surface area (Å²) in [6.45, 7) is 2.91. The van der Waals surface area contributed by atoms with Crippen LogP contribution in [-0.2, 0) is 13.1 Å². The minimum Gasteiger partial charge on any atom is -0.345 e. The third-order valence-corrected chi connectivity index (χ3v) is 7.32. The fourth-order valence-corrected chi connectivity index (χ4v) is 5.80. The fraction of sp³-hybridized carbons (Fsp3) is 0.304. The van der Waals surface area contributed by atoms with Crippen molar-refractivity contribution < 1.29 is 9.18 Å². The van der Waals surface area contributed by atoms with Gasteiger partial charge in [0.15, 0.2) is 0 Å². The monoisotopic (exact) mass is 448 g/mol. The van der Waals surface area contributed by atoms with Crippen LogP contribution in [0.5, 0.6) is 0 Å². The van der Waals surface area contributed by atoms with Crippen molar-refractivity contribution in [2.24, 2.45) is 11.8 Å². The summed E-state index contributed by atoms with van der Waals surface area (Å²) in [5.74, 6) is 1.89. The number of amides is 1. The lowest BCUT2D eigenvalue weighted by atomic mass is 10.2. The number of likely N-dealkylation sites (tertiary alicyclic amines) is 1. The number of H-pyrrole nitrogens is 1. The van der Waals surface area contributed by atoms with Crippen LogP contribution in [0.1, 0.15) is 32.9 Å². The largest absolute Gasteiger partial charge is 0.345 e. The second kappa shape index (κ2) is 7.75. The number of halogens is 1. The number of aromatic nitrogens is 4. The van der Waals surface area contributed by atoms with E-state index in [2.05, 4.69) is 30.2 Å². The van der Waals surface area contributed by atoms with Crippen LogP contribution in [0.15, 0.2) is 48.0 Å². The average Bonchev–Trinajstić information content (AvgIpc) is 3.24. The molecule has 1 saturated carbocycles. The Labute approximate surface area is 187 Å². The van der Waals surface area contributed by atoms with Crippen LogP contribution < -0.4 is 5.32 Å². The number of imidazole rings is 1. The van der Waals surface area contributed by atoms with Crippen LogP contribution in [0.4, 0.5) is 4.39 Å². The molecule has 3 aromatic heterocycles. The molecule has 32 heavy (non-hydrogen) atoms. The number of para-hydroxylation sites is 2. The first-order chi connectivity index (χ1) is 15.7. The van der Waals surface area contributed by atoms with Crippen molar-refractivity contribution in [1.82, 2.24) is 30.2 Å². The highest BCUT2D eigenvalue weighted by molar-refractivity contribution is 7.10. The first kappa shape index (κ1) is 19.5. The number of nitrogens with one attached hydrogen (secondary N) is 2. The number of pyridine rings is 1. The zero-order valence-corrected chi connectivity index (χ0v) is 18.0. The molecule has 7 nitrogen and oxygen atoms in total. The van der Waals surface area contributed by atoms with Crippen molar-refractivity contribution in [2.75, 3.05) is 13.1 Å². The summed E-state index contributed by atoms with van der Waals surface area (Å²) in [7, 11) is 0. The van der Waals surface area contributed by atoms with E-state index in [1.807, 2.05) is 24.3 Å². The van der Waals surface area contributed by atoms with Gasteiger partial charge in [0.1, 0.15) is 17.3 Å². The summed E-state index contributed by atoms with van der Waals surface area (Å²) in [4.78, 5) is 31.5. The molecule has 2 fully saturated rings. The molecule has 1 aliphatic heterocycles. The Morgan fingerprint density at radius 3 is 2.84 bits per heavy atom. The van der Waals surface area contributed by atoms with Crippen molar-refractivity contribution in [3.8, 4) is 0 Å². The summed E-state index contributed by atoms with van der Waals surface area (Å²) in [6.07, 6.45) is 1.51. The minimum atomic E-state index is -0.426. The summed E-state index contributed by atoms with van der Waals surface area (Å²) >= 11 is 1.54. The molecule has 1 amide bonds. The molecule has 2 aliphatic rings.